The van der Waals surface area contributed by atoms with E-state index in [2.05, 4.69) is 23.6 Å². The number of likely N-dealkylation sites (tertiary alicyclic amines) is 1. The van der Waals surface area contributed by atoms with Gasteiger partial charge in [0, 0.05) is 32.2 Å². The van der Waals surface area contributed by atoms with Crippen LogP contribution in [0.25, 0.3) is 0 Å². The van der Waals surface area contributed by atoms with Crippen molar-refractivity contribution < 1.29 is 14.3 Å². The van der Waals surface area contributed by atoms with E-state index in [4.69, 9.17) is 9.47 Å². The minimum absolute atomic E-state index is 0.242. The Balaban J connectivity index is 1.56. The van der Waals surface area contributed by atoms with Crippen LogP contribution < -0.4 is 4.74 Å². The lowest BCUT2D eigenvalue weighted by Gasteiger charge is -2.38. The molecule has 0 spiro atoms. The van der Waals surface area contributed by atoms with Crippen molar-refractivity contribution in [1.29, 1.82) is 0 Å². The first-order chi connectivity index (χ1) is 12.5. The minimum Gasteiger partial charge on any atom is -0.494 e. The van der Waals surface area contributed by atoms with Gasteiger partial charge in [-0.25, -0.2) is 0 Å². The molecule has 144 valence electrons. The molecule has 2 aliphatic rings. The van der Waals surface area contributed by atoms with Crippen LogP contribution in [0.15, 0.2) is 24.3 Å². The monoisotopic (exact) mass is 360 g/mol. The molecule has 0 aromatic heterocycles. The van der Waals surface area contributed by atoms with Crippen LogP contribution in [0.5, 0.6) is 5.75 Å². The number of carbonyl (C=O) groups excluding carboxylic acids is 1. The number of benzene rings is 1. The highest BCUT2D eigenvalue weighted by Crippen LogP contribution is 2.22. The van der Waals surface area contributed by atoms with Gasteiger partial charge in [0.1, 0.15) is 5.75 Å². The molecule has 1 amide bonds. The summed E-state index contributed by atoms with van der Waals surface area (Å²) >= 11 is 0. The Morgan fingerprint density at radius 1 is 1.19 bits per heavy atom. The van der Waals surface area contributed by atoms with E-state index in [1.165, 1.54) is 0 Å². The molecule has 0 saturated carbocycles. The third-order valence-electron chi connectivity index (χ3n) is 5.25. The van der Waals surface area contributed by atoms with Crippen molar-refractivity contribution in [3.05, 3.63) is 29.8 Å². The molecule has 2 saturated heterocycles. The highest BCUT2D eigenvalue weighted by atomic mass is 16.5. The zero-order chi connectivity index (χ0) is 18.5. The fourth-order valence-electron chi connectivity index (χ4n) is 4.23. The number of nitrogens with zero attached hydrogens (tertiary/aromatic N) is 2. The summed E-state index contributed by atoms with van der Waals surface area (Å²) in [5, 5.41) is 0. The fraction of sp³-hybridized carbons (Fsp3) is 0.667. The topological polar surface area (TPSA) is 42.0 Å². The van der Waals surface area contributed by atoms with E-state index in [0.29, 0.717) is 19.1 Å². The number of morpholine rings is 1. The SMILES string of the molecule is CCOc1ccc(CC(=O)N2CCCC2CN2CC(C)OC(C)C2)cc1. The molecule has 0 bridgehead atoms. The summed E-state index contributed by atoms with van der Waals surface area (Å²) in [6.07, 6.45) is 3.23. The van der Waals surface area contributed by atoms with E-state index in [0.717, 1.165) is 50.3 Å². The summed E-state index contributed by atoms with van der Waals surface area (Å²) < 4.78 is 11.3. The van der Waals surface area contributed by atoms with Gasteiger partial charge in [-0.1, -0.05) is 12.1 Å². The highest BCUT2D eigenvalue weighted by molar-refractivity contribution is 5.79. The zero-order valence-electron chi connectivity index (χ0n) is 16.3. The summed E-state index contributed by atoms with van der Waals surface area (Å²) in [6, 6.07) is 8.23. The molecule has 1 aromatic rings. The van der Waals surface area contributed by atoms with Crippen molar-refractivity contribution in [2.75, 3.05) is 32.8 Å². The van der Waals surface area contributed by atoms with E-state index in [-0.39, 0.29) is 18.1 Å². The van der Waals surface area contributed by atoms with Gasteiger partial charge in [0.25, 0.3) is 0 Å². The Morgan fingerprint density at radius 3 is 2.54 bits per heavy atom. The number of hydrogen-bond donors (Lipinski definition) is 0. The number of rotatable bonds is 6. The number of amides is 1. The molecular formula is C21H32N2O3. The number of ether oxygens (including phenoxy) is 2. The molecule has 0 N–H and O–H groups in total. The lowest BCUT2D eigenvalue weighted by atomic mass is 10.1. The van der Waals surface area contributed by atoms with Gasteiger partial charge in [-0.05, 0) is 51.3 Å². The molecule has 2 heterocycles. The molecule has 0 aliphatic carbocycles. The first kappa shape index (κ1) is 19.2. The molecule has 1 aromatic carbocycles. The van der Waals surface area contributed by atoms with Crippen LogP contribution in [-0.2, 0) is 16.0 Å². The highest BCUT2D eigenvalue weighted by Gasteiger charge is 2.32. The van der Waals surface area contributed by atoms with Gasteiger partial charge in [-0.3, -0.25) is 9.69 Å². The van der Waals surface area contributed by atoms with Gasteiger partial charge in [-0.15, -0.1) is 0 Å². The van der Waals surface area contributed by atoms with Crippen molar-refractivity contribution >= 4 is 5.91 Å². The van der Waals surface area contributed by atoms with E-state index >= 15 is 0 Å². The fourth-order valence-corrected chi connectivity index (χ4v) is 4.23. The molecular weight excluding hydrogens is 328 g/mol. The Hall–Kier alpha value is -1.59. The first-order valence-corrected chi connectivity index (χ1v) is 9.94. The largest absolute Gasteiger partial charge is 0.494 e. The zero-order valence-corrected chi connectivity index (χ0v) is 16.3. The second-order valence-electron chi connectivity index (χ2n) is 7.61. The van der Waals surface area contributed by atoms with Crippen LogP contribution in [0.4, 0.5) is 0 Å². The van der Waals surface area contributed by atoms with Crippen molar-refractivity contribution in [2.45, 2.75) is 58.3 Å². The van der Waals surface area contributed by atoms with Gasteiger partial charge in [0.05, 0.1) is 25.2 Å². The minimum atomic E-state index is 0.242. The Kier molecular flexibility index (Phi) is 6.54. The smallest absolute Gasteiger partial charge is 0.227 e. The molecule has 3 unspecified atom stereocenters. The third-order valence-corrected chi connectivity index (χ3v) is 5.25. The normalized spacial score (nSPS) is 26.9. The molecule has 3 atom stereocenters. The third kappa shape index (κ3) is 4.98. The van der Waals surface area contributed by atoms with Gasteiger partial charge < -0.3 is 14.4 Å². The predicted molar refractivity (Wildman–Crippen MR) is 102 cm³/mol. The second kappa shape index (κ2) is 8.87. The van der Waals surface area contributed by atoms with Crippen molar-refractivity contribution in [2.24, 2.45) is 0 Å². The summed E-state index contributed by atoms with van der Waals surface area (Å²) in [4.78, 5) is 17.4. The number of hydrogen-bond acceptors (Lipinski definition) is 4. The van der Waals surface area contributed by atoms with E-state index in [1.54, 1.807) is 0 Å². The van der Waals surface area contributed by atoms with Crippen molar-refractivity contribution in [3.8, 4) is 5.75 Å². The lowest BCUT2D eigenvalue weighted by molar-refractivity contribution is -0.132. The van der Waals surface area contributed by atoms with Gasteiger partial charge in [-0.2, -0.15) is 0 Å². The summed E-state index contributed by atoms with van der Waals surface area (Å²) in [6.45, 7) is 10.7. The molecule has 26 heavy (non-hydrogen) atoms. The molecule has 5 nitrogen and oxygen atoms in total. The van der Waals surface area contributed by atoms with Gasteiger partial charge in [0.2, 0.25) is 5.91 Å². The van der Waals surface area contributed by atoms with Crippen molar-refractivity contribution in [3.63, 3.8) is 0 Å². The van der Waals surface area contributed by atoms with Crippen LogP contribution in [0.1, 0.15) is 39.2 Å². The van der Waals surface area contributed by atoms with Crippen LogP contribution in [0.3, 0.4) is 0 Å². The Morgan fingerprint density at radius 2 is 1.88 bits per heavy atom. The van der Waals surface area contributed by atoms with E-state index < -0.39 is 0 Å². The van der Waals surface area contributed by atoms with Crippen LogP contribution in [-0.4, -0.2) is 66.7 Å². The Labute approximate surface area is 157 Å². The maximum absolute atomic E-state index is 12.9. The summed E-state index contributed by atoms with van der Waals surface area (Å²) in [5.74, 6) is 1.10. The maximum Gasteiger partial charge on any atom is 0.227 e. The van der Waals surface area contributed by atoms with Gasteiger partial charge in [0.15, 0.2) is 0 Å². The lowest BCUT2D eigenvalue weighted by Crippen LogP contribution is -2.51. The van der Waals surface area contributed by atoms with Crippen LogP contribution in [0.2, 0.25) is 0 Å². The maximum atomic E-state index is 12.9. The molecule has 3 rings (SSSR count). The van der Waals surface area contributed by atoms with E-state index in [1.807, 2.05) is 31.2 Å². The van der Waals surface area contributed by atoms with Gasteiger partial charge >= 0.3 is 0 Å². The second-order valence-corrected chi connectivity index (χ2v) is 7.61. The molecule has 2 aliphatic heterocycles. The molecule has 0 radical (unpaired) electrons. The average Bonchev–Trinajstić information content (AvgIpc) is 3.04. The standard InChI is InChI=1S/C21H32N2O3/c1-4-25-20-9-7-18(8-10-20)12-21(24)23-11-5-6-19(23)15-22-13-16(2)26-17(3)14-22/h7-10,16-17,19H,4-6,11-15H2,1-3H3. The van der Waals surface area contributed by atoms with Crippen LogP contribution in [0, 0.1) is 0 Å². The van der Waals surface area contributed by atoms with E-state index in [9.17, 15) is 4.79 Å². The summed E-state index contributed by atoms with van der Waals surface area (Å²) in [5.41, 5.74) is 1.05. The van der Waals surface area contributed by atoms with Crippen molar-refractivity contribution in [1.82, 2.24) is 9.80 Å². The predicted octanol–water partition coefficient (Wildman–Crippen LogP) is 2.73. The average molecular weight is 360 g/mol. The molecule has 2 fully saturated rings. The quantitative estimate of drug-likeness (QED) is 0.782. The van der Waals surface area contributed by atoms with Crippen LogP contribution >= 0.6 is 0 Å². The Bertz CT molecular complexity index is 579. The first-order valence-electron chi connectivity index (χ1n) is 9.94. The number of carbonyl (C=O) groups is 1. The summed E-state index contributed by atoms with van der Waals surface area (Å²) in [7, 11) is 0. The molecule has 5 heteroatoms.